The van der Waals surface area contributed by atoms with Gasteiger partial charge in [-0.05, 0) is 43.2 Å². The Kier molecular flexibility index (Phi) is 5.14. The third kappa shape index (κ3) is 3.21. The fourth-order valence-corrected chi connectivity index (χ4v) is 5.67. The van der Waals surface area contributed by atoms with E-state index in [-0.39, 0.29) is 28.9 Å². The van der Waals surface area contributed by atoms with Crippen molar-refractivity contribution in [3.8, 4) is 0 Å². The molecule has 2 saturated heterocycles. The Hall–Kier alpha value is -1.66. The molecule has 1 amide bonds. The van der Waals surface area contributed by atoms with Crippen LogP contribution in [0.2, 0.25) is 0 Å². The lowest BCUT2D eigenvalue weighted by Crippen LogP contribution is -2.52. The van der Waals surface area contributed by atoms with Crippen LogP contribution in [-0.2, 0) is 27.2 Å². The Balaban J connectivity index is 1.47. The maximum absolute atomic E-state index is 13.2. The monoisotopic (exact) mass is 372 g/mol. The van der Waals surface area contributed by atoms with Gasteiger partial charge in [0.1, 0.15) is 12.3 Å². The number of likely N-dealkylation sites (tertiary alicyclic amines) is 1. The van der Waals surface area contributed by atoms with Gasteiger partial charge in [-0.1, -0.05) is 24.3 Å². The number of nitrogens with zero attached hydrogens (tertiary/aromatic N) is 1. The van der Waals surface area contributed by atoms with E-state index in [0.717, 1.165) is 38.4 Å². The molecule has 0 radical (unpaired) electrons. The number of rotatable bonds is 4. The standard InChI is InChI=1S/C20H24N2O3S/c23-11-16-6-3-9-22(16)20(25)17-19(26-12-21-17)18(24)15-8-7-13-4-1-2-5-14(13)10-15/h1-2,4-5,11,15-17,19,21H,3,6-10,12H2/t15?,16-,17-,19?/m0/s1. The zero-order valence-corrected chi connectivity index (χ0v) is 15.5. The number of ketones is 1. The Bertz CT molecular complexity index is 723. The summed E-state index contributed by atoms with van der Waals surface area (Å²) in [5.41, 5.74) is 2.60. The van der Waals surface area contributed by atoms with Gasteiger partial charge in [-0.15, -0.1) is 11.8 Å². The Morgan fingerprint density at radius 3 is 2.81 bits per heavy atom. The highest BCUT2D eigenvalue weighted by molar-refractivity contribution is 8.00. The number of carbonyl (C=O) groups excluding carboxylic acids is 3. The molecule has 2 fully saturated rings. The van der Waals surface area contributed by atoms with Crippen LogP contribution in [0.1, 0.15) is 30.4 Å². The predicted molar refractivity (Wildman–Crippen MR) is 101 cm³/mol. The topological polar surface area (TPSA) is 66.5 Å². The summed E-state index contributed by atoms with van der Waals surface area (Å²) in [6.45, 7) is 0.614. The molecule has 5 nitrogen and oxygen atoms in total. The van der Waals surface area contributed by atoms with Crippen LogP contribution in [0.3, 0.4) is 0 Å². The van der Waals surface area contributed by atoms with E-state index in [2.05, 4.69) is 17.4 Å². The molecule has 1 aliphatic carbocycles. The van der Waals surface area contributed by atoms with Gasteiger partial charge in [0.2, 0.25) is 5.91 Å². The second-order valence-electron chi connectivity index (χ2n) is 7.40. The molecule has 3 aliphatic rings. The third-order valence-corrected chi connectivity index (χ3v) is 7.10. The van der Waals surface area contributed by atoms with Crippen LogP contribution in [-0.4, -0.2) is 52.6 Å². The minimum absolute atomic E-state index is 0.0157. The zero-order valence-electron chi connectivity index (χ0n) is 14.7. The average molecular weight is 372 g/mol. The number of fused-ring (bicyclic) bond motifs is 1. The number of aryl methyl sites for hydroxylation is 1. The largest absolute Gasteiger partial charge is 0.332 e. The van der Waals surface area contributed by atoms with Crippen LogP contribution in [0.5, 0.6) is 0 Å². The van der Waals surface area contributed by atoms with E-state index >= 15 is 0 Å². The van der Waals surface area contributed by atoms with Gasteiger partial charge >= 0.3 is 0 Å². The first-order chi connectivity index (χ1) is 12.7. The Morgan fingerprint density at radius 1 is 1.19 bits per heavy atom. The lowest BCUT2D eigenvalue weighted by Gasteiger charge is -2.29. The summed E-state index contributed by atoms with van der Waals surface area (Å²) in [5, 5.41) is 2.86. The summed E-state index contributed by atoms with van der Waals surface area (Å²) in [4.78, 5) is 39.0. The second kappa shape index (κ2) is 7.53. The van der Waals surface area contributed by atoms with Gasteiger partial charge in [0.05, 0.1) is 11.3 Å². The molecule has 4 atom stereocenters. The lowest BCUT2D eigenvalue weighted by molar-refractivity contribution is -0.138. The maximum Gasteiger partial charge on any atom is 0.241 e. The Morgan fingerprint density at radius 2 is 2.00 bits per heavy atom. The molecule has 6 heteroatoms. The van der Waals surface area contributed by atoms with Crippen LogP contribution >= 0.6 is 11.8 Å². The van der Waals surface area contributed by atoms with Gasteiger partial charge in [0, 0.05) is 18.3 Å². The van der Waals surface area contributed by atoms with Crippen molar-refractivity contribution < 1.29 is 14.4 Å². The normalized spacial score (nSPS) is 30.8. The first-order valence-corrected chi connectivity index (χ1v) is 10.4. The minimum Gasteiger partial charge on any atom is -0.332 e. The summed E-state index contributed by atoms with van der Waals surface area (Å²) in [7, 11) is 0. The zero-order chi connectivity index (χ0) is 18.1. The number of Topliss-reactive ketones (excluding diaryl/α,β-unsaturated/α-hetero) is 1. The first kappa shape index (κ1) is 17.7. The van der Waals surface area contributed by atoms with Crippen LogP contribution < -0.4 is 5.32 Å². The molecule has 26 heavy (non-hydrogen) atoms. The minimum atomic E-state index is -0.495. The maximum atomic E-state index is 13.2. The van der Waals surface area contributed by atoms with E-state index in [9.17, 15) is 14.4 Å². The number of thioether (sulfide) groups is 1. The molecule has 0 spiro atoms. The van der Waals surface area contributed by atoms with Gasteiger partial charge in [-0.25, -0.2) is 0 Å². The second-order valence-corrected chi connectivity index (χ2v) is 8.53. The van der Waals surface area contributed by atoms with E-state index < -0.39 is 6.04 Å². The molecule has 1 N–H and O–H groups in total. The highest BCUT2D eigenvalue weighted by Gasteiger charge is 2.44. The molecule has 138 valence electrons. The first-order valence-electron chi connectivity index (χ1n) is 9.40. The van der Waals surface area contributed by atoms with Crippen LogP contribution in [0, 0.1) is 5.92 Å². The number of amides is 1. The van der Waals surface area contributed by atoms with Crippen molar-refractivity contribution in [3.63, 3.8) is 0 Å². The quantitative estimate of drug-likeness (QED) is 0.813. The molecular formula is C20H24N2O3S. The van der Waals surface area contributed by atoms with E-state index in [0.29, 0.717) is 12.4 Å². The molecule has 0 saturated carbocycles. The number of hydrogen-bond donors (Lipinski definition) is 1. The fraction of sp³-hybridized carbons (Fsp3) is 0.550. The molecule has 0 bridgehead atoms. The van der Waals surface area contributed by atoms with Gasteiger partial charge < -0.3 is 9.69 Å². The summed E-state index contributed by atoms with van der Waals surface area (Å²) in [5.74, 6) is 0.697. The molecule has 2 aliphatic heterocycles. The van der Waals surface area contributed by atoms with Gasteiger partial charge in [-0.2, -0.15) is 0 Å². The van der Waals surface area contributed by atoms with Gasteiger partial charge in [0.15, 0.2) is 5.78 Å². The van der Waals surface area contributed by atoms with Crippen molar-refractivity contribution in [1.82, 2.24) is 10.2 Å². The van der Waals surface area contributed by atoms with E-state index in [1.54, 1.807) is 4.90 Å². The smallest absolute Gasteiger partial charge is 0.241 e. The highest BCUT2D eigenvalue weighted by Crippen LogP contribution is 2.33. The van der Waals surface area contributed by atoms with E-state index in [1.165, 1.54) is 22.9 Å². The van der Waals surface area contributed by atoms with Crippen molar-refractivity contribution in [2.45, 2.75) is 49.4 Å². The number of benzene rings is 1. The number of hydrogen-bond acceptors (Lipinski definition) is 5. The summed E-state index contributed by atoms with van der Waals surface area (Å²) in [6.07, 6.45) is 5.00. The van der Waals surface area contributed by atoms with Crippen molar-refractivity contribution in [2.24, 2.45) is 5.92 Å². The third-order valence-electron chi connectivity index (χ3n) is 5.90. The molecular weight excluding hydrogens is 348 g/mol. The fourth-order valence-electron chi connectivity index (χ4n) is 4.45. The molecule has 0 aromatic heterocycles. The van der Waals surface area contributed by atoms with Crippen LogP contribution in [0.15, 0.2) is 24.3 Å². The lowest BCUT2D eigenvalue weighted by atomic mass is 9.80. The average Bonchev–Trinajstić information content (AvgIpc) is 3.35. The number of carbonyl (C=O) groups is 3. The van der Waals surface area contributed by atoms with Crippen molar-refractivity contribution in [3.05, 3.63) is 35.4 Å². The van der Waals surface area contributed by atoms with E-state index in [4.69, 9.17) is 0 Å². The van der Waals surface area contributed by atoms with Gasteiger partial charge in [0.25, 0.3) is 0 Å². The summed E-state index contributed by atoms with van der Waals surface area (Å²) < 4.78 is 0. The van der Waals surface area contributed by atoms with Crippen molar-refractivity contribution >= 4 is 29.7 Å². The number of nitrogens with one attached hydrogen (secondary N) is 1. The molecule has 2 heterocycles. The van der Waals surface area contributed by atoms with Crippen LogP contribution in [0.25, 0.3) is 0 Å². The molecule has 4 rings (SSSR count). The van der Waals surface area contributed by atoms with Gasteiger partial charge in [-0.3, -0.25) is 14.9 Å². The number of aldehydes is 1. The molecule has 2 unspecified atom stereocenters. The predicted octanol–water partition coefficient (Wildman–Crippen LogP) is 1.58. The Labute approximate surface area is 157 Å². The molecule has 1 aromatic rings. The highest BCUT2D eigenvalue weighted by atomic mass is 32.2. The van der Waals surface area contributed by atoms with Crippen molar-refractivity contribution in [1.29, 1.82) is 0 Å². The van der Waals surface area contributed by atoms with Crippen molar-refractivity contribution in [2.75, 3.05) is 12.4 Å². The SMILES string of the molecule is O=C[C@@H]1CCCN1C(=O)[C@H]1NCSC1C(=O)C1CCc2ccccc2C1. The summed E-state index contributed by atoms with van der Waals surface area (Å²) >= 11 is 1.53. The molecule has 1 aromatic carbocycles. The van der Waals surface area contributed by atoms with Crippen LogP contribution in [0.4, 0.5) is 0 Å². The summed E-state index contributed by atoms with van der Waals surface area (Å²) in [6, 6.07) is 7.50. The van der Waals surface area contributed by atoms with E-state index in [1.807, 2.05) is 12.1 Å².